The Morgan fingerprint density at radius 2 is 1.68 bits per heavy atom. The molecule has 2 aromatic rings. The van der Waals surface area contributed by atoms with Gasteiger partial charge in [0, 0.05) is 12.6 Å². The fourth-order valence-electron chi connectivity index (χ4n) is 4.26. The number of nitrogens with one attached hydrogen (secondary N) is 2. The quantitative estimate of drug-likeness (QED) is 0.280. The number of nitrogens with zero attached hydrogens (tertiary/aromatic N) is 1. The van der Waals surface area contributed by atoms with Crippen molar-refractivity contribution in [1.82, 2.24) is 15.5 Å². The van der Waals surface area contributed by atoms with E-state index in [0.29, 0.717) is 6.42 Å². The molecule has 2 aromatic carbocycles. The number of amides is 3. The van der Waals surface area contributed by atoms with Crippen molar-refractivity contribution in [3.8, 4) is 0 Å². The molecule has 0 aliphatic heterocycles. The van der Waals surface area contributed by atoms with Gasteiger partial charge in [-0.05, 0) is 43.5 Å². The van der Waals surface area contributed by atoms with Crippen LogP contribution in [0.4, 0.5) is 8.78 Å². The average Bonchev–Trinajstić information content (AvgIpc) is 2.86. The summed E-state index contributed by atoms with van der Waals surface area (Å²) >= 11 is 0. The zero-order valence-corrected chi connectivity index (χ0v) is 21.8. The molecule has 3 atom stereocenters. The Labute approximate surface area is 218 Å². The zero-order chi connectivity index (χ0) is 27.4. The molecule has 0 saturated heterocycles. The maximum absolute atomic E-state index is 13.8. The molecule has 2 N–H and O–H groups in total. The van der Waals surface area contributed by atoms with Crippen molar-refractivity contribution in [2.24, 2.45) is 0 Å². The van der Waals surface area contributed by atoms with E-state index in [0.717, 1.165) is 43.0 Å². The highest BCUT2D eigenvalue weighted by Crippen LogP contribution is 2.26. The van der Waals surface area contributed by atoms with Crippen LogP contribution in [-0.4, -0.2) is 41.2 Å². The van der Waals surface area contributed by atoms with E-state index in [9.17, 15) is 23.2 Å². The molecule has 37 heavy (non-hydrogen) atoms. The molecule has 0 aliphatic rings. The summed E-state index contributed by atoms with van der Waals surface area (Å²) in [6.07, 6.45) is 4.36. The predicted molar refractivity (Wildman–Crippen MR) is 141 cm³/mol. The number of unbranched alkanes of at least 4 members (excludes halogenated alkanes) is 2. The Kier molecular flexibility index (Phi) is 11.9. The molecule has 0 heterocycles. The third-order valence-corrected chi connectivity index (χ3v) is 6.13. The Hall–Kier alpha value is -3.55. The lowest BCUT2D eigenvalue weighted by Crippen LogP contribution is -2.56. The summed E-state index contributed by atoms with van der Waals surface area (Å²) in [6.45, 7) is 9.37. The zero-order valence-electron chi connectivity index (χ0n) is 21.8. The van der Waals surface area contributed by atoms with Crippen LogP contribution < -0.4 is 10.6 Å². The first-order valence-electron chi connectivity index (χ1n) is 12.7. The second-order valence-corrected chi connectivity index (χ2v) is 9.12. The second kappa shape index (κ2) is 14.9. The molecule has 200 valence electrons. The first kappa shape index (κ1) is 29.7. The molecular weight excluding hydrogens is 476 g/mol. The van der Waals surface area contributed by atoms with Crippen molar-refractivity contribution in [3.63, 3.8) is 0 Å². The Morgan fingerprint density at radius 3 is 2.27 bits per heavy atom. The van der Waals surface area contributed by atoms with Crippen molar-refractivity contribution in [3.05, 3.63) is 83.9 Å². The minimum Gasteiger partial charge on any atom is -0.351 e. The SMILES string of the molecule is C=CCNC(=O)[C@H](CCCCC)N(C(=O)[C@H](C)NC(=O)Cc1cc(F)cc(F)c1)C(C)c1ccccc1. The smallest absolute Gasteiger partial charge is 0.246 e. The van der Waals surface area contributed by atoms with Gasteiger partial charge in [0.05, 0.1) is 12.5 Å². The van der Waals surface area contributed by atoms with Crippen molar-refractivity contribution >= 4 is 17.7 Å². The molecule has 2 rings (SSSR count). The van der Waals surface area contributed by atoms with Gasteiger partial charge < -0.3 is 15.5 Å². The lowest BCUT2D eigenvalue weighted by molar-refractivity contribution is -0.145. The molecule has 8 heteroatoms. The molecule has 6 nitrogen and oxygen atoms in total. The van der Waals surface area contributed by atoms with E-state index < -0.39 is 41.6 Å². The highest BCUT2D eigenvalue weighted by molar-refractivity contribution is 5.92. The van der Waals surface area contributed by atoms with Gasteiger partial charge in [-0.2, -0.15) is 0 Å². The van der Waals surface area contributed by atoms with E-state index in [2.05, 4.69) is 24.1 Å². The molecule has 0 bridgehead atoms. The lowest BCUT2D eigenvalue weighted by atomic mass is 9.99. The van der Waals surface area contributed by atoms with E-state index >= 15 is 0 Å². The molecule has 3 amide bonds. The van der Waals surface area contributed by atoms with Gasteiger partial charge in [0.2, 0.25) is 17.7 Å². The number of benzene rings is 2. The van der Waals surface area contributed by atoms with Gasteiger partial charge in [0.1, 0.15) is 23.7 Å². The average molecular weight is 514 g/mol. The van der Waals surface area contributed by atoms with Crippen LogP contribution in [0.1, 0.15) is 63.6 Å². The number of carbonyl (C=O) groups excluding carboxylic acids is 3. The van der Waals surface area contributed by atoms with Gasteiger partial charge in [0.25, 0.3) is 0 Å². The summed E-state index contributed by atoms with van der Waals surface area (Å²) in [5.41, 5.74) is 1.01. The fourth-order valence-corrected chi connectivity index (χ4v) is 4.26. The summed E-state index contributed by atoms with van der Waals surface area (Å²) in [7, 11) is 0. The van der Waals surface area contributed by atoms with Crippen LogP contribution in [0.3, 0.4) is 0 Å². The summed E-state index contributed by atoms with van der Waals surface area (Å²) in [6, 6.07) is 10.1. The molecule has 0 radical (unpaired) electrons. The number of hydrogen-bond donors (Lipinski definition) is 2. The van der Waals surface area contributed by atoms with Gasteiger partial charge in [-0.1, -0.05) is 62.6 Å². The highest BCUT2D eigenvalue weighted by atomic mass is 19.1. The largest absolute Gasteiger partial charge is 0.351 e. The van der Waals surface area contributed by atoms with E-state index in [4.69, 9.17) is 0 Å². The third-order valence-electron chi connectivity index (χ3n) is 6.13. The topological polar surface area (TPSA) is 78.5 Å². The van der Waals surface area contributed by atoms with Crippen molar-refractivity contribution in [1.29, 1.82) is 0 Å². The van der Waals surface area contributed by atoms with Gasteiger partial charge in [-0.15, -0.1) is 6.58 Å². The molecular formula is C29H37F2N3O3. The molecule has 0 fully saturated rings. The van der Waals surface area contributed by atoms with E-state index in [1.807, 2.05) is 37.3 Å². The first-order valence-corrected chi connectivity index (χ1v) is 12.7. The van der Waals surface area contributed by atoms with Crippen molar-refractivity contribution in [2.45, 2.75) is 71.0 Å². The van der Waals surface area contributed by atoms with Gasteiger partial charge >= 0.3 is 0 Å². The highest BCUT2D eigenvalue weighted by Gasteiger charge is 2.36. The van der Waals surface area contributed by atoms with E-state index in [1.54, 1.807) is 13.0 Å². The Morgan fingerprint density at radius 1 is 1.03 bits per heavy atom. The van der Waals surface area contributed by atoms with E-state index in [1.165, 1.54) is 4.90 Å². The summed E-state index contributed by atoms with van der Waals surface area (Å²) < 4.78 is 27.1. The predicted octanol–water partition coefficient (Wildman–Crippen LogP) is 4.85. The summed E-state index contributed by atoms with van der Waals surface area (Å²) in [5.74, 6) is -2.84. The minimum absolute atomic E-state index is 0.158. The third kappa shape index (κ3) is 9.12. The number of halogens is 2. The monoisotopic (exact) mass is 513 g/mol. The van der Waals surface area contributed by atoms with Gasteiger partial charge in [0.15, 0.2) is 0 Å². The van der Waals surface area contributed by atoms with Crippen LogP contribution in [0.5, 0.6) is 0 Å². The molecule has 0 saturated carbocycles. The van der Waals surface area contributed by atoms with Crippen LogP contribution in [0, 0.1) is 11.6 Å². The fraction of sp³-hybridized carbons (Fsp3) is 0.414. The maximum Gasteiger partial charge on any atom is 0.246 e. The number of rotatable bonds is 14. The standard InChI is InChI=1S/C29H37F2N3O3/c1-5-7-9-14-26(28(36)32-15-6-2)34(21(4)23-12-10-8-11-13-23)29(37)20(3)33-27(35)18-22-16-24(30)19-25(31)17-22/h6,8,10-13,16-17,19-21,26H,2,5,7,9,14-15,18H2,1,3-4H3,(H,32,36)(H,33,35)/t20-,21?,26-/m0/s1. The second-order valence-electron chi connectivity index (χ2n) is 9.12. The van der Waals surface area contributed by atoms with Crippen LogP contribution in [-0.2, 0) is 20.8 Å². The Bertz CT molecular complexity index is 1040. The number of hydrogen-bond acceptors (Lipinski definition) is 3. The summed E-state index contributed by atoms with van der Waals surface area (Å²) in [4.78, 5) is 41.2. The molecule has 0 spiro atoms. The molecule has 1 unspecified atom stereocenters. The number of carbonyl (C=O) groups is 3. The minimum atomic E-state index is -0.974. The van der Waals surface area contributed by atoms with Crippen LogP contribution in [0.25, 0.3) is 0 Å². The molecule has 0 aliphatic carbocycles. The lowest BCUT2D eigenvalue weighted by Gasteiger charge is -2.38. The van der Waals surface area contributed by atoms with Crippen LogP contribution >= 0.6 is 0 Å². The first-order chi connectivity index (χ1) is 17.7. The normalized spacial score (nSPS) is 13.2. The van der Waals surface area contributed by atoms with E-state index in [-0.39, 0.29) is 24.4 Å². The van der Waals surface area contributed by atoms with Crippen molar-refractivity contribution in [2.75, 3.05) is 6.54 Å². The maximum atomic E-state index is 13.8. The molecule has 0 aromatic heterocycles. The van der Waals surface area contributed by atoms with Gasteiger partial charge in [-0.25, -0.2) is 8.78 Å². The Balaban J connectivity index is 2.31. The summed E-state index contributed by atoms with van der Waals surface area (Å²) in [5, 5.41) is 5.45. The van der Waals surface area contributed by atoms with Crippen molar-refractivity contribution < 1.29 is 23.2 Å². The van der Waals surface area contributed by atoms with Crippen LogP contribution in [0.2, 0.25) is 0 Å². The van der Waals surface area contributed by atoms with Gasteiger partial charge in [-0.3, -0.25) is 14.4 Å². The van der Waals surface area contributed by atoms with Crippen LogP contribution in [0.15, 0.2) is 61.2 Å².